The van der Waals surface area contributed by atoms with Crippen molar-refractivity contribution in [2.24, 2.45) is 10.7 Å². The number of ether oxygens (including phenoxy) is 1. The summed E-state index contributed by atoms with van der Waals surface area (Å²) in [6.07, 6.45) is 0.642. The molecule has 1 aromatic rings. The SMILES string of the molecule is I.NC(=N[C@@H]1C[C@H]1c1c(F)cccc1F)N1CCOCC1. The van der Waals surface area contributed by atoms with E-state index in [1.807, 2.05) is 4.90 Å². The molecule has 1 aliphatic carbocycles. The van der Waals surface area contributed by atoms with E-state index >= 15 is 0 Å². The van der Waals surface area contributed by atoms with Crippen molar-refractivity contribution in [2.45, 2.75) is 18.4 Å². The van der Waals surface area contributed by atoms with Crippen LogP contribution in [0.4, 0.5) is 8.78 Å². The van der Waals surface area contributed by atoms with Gasteiger partial charge in [0.25, 0.3) is 0 Å². The second-order valence-electron chi connectivity index (χ2n) is 5.13. The molecule has 2 aliphatic rings. The molecule has 1 aromatic carbocycles. The van der Waals surface area contributed by atoms with Gasteiger partial charge in [-0.05, 0) is 18.6 Å². The van der Waals surface area contributed by atoms with Gasteiger partial charge in [0.15, 0.2) is 5.96 Å². The van der Waals surface area contributed by atoms with Crippen molar-refractivity contribution in [2.75, 3.05) is 26.3 Å². The van der Waals surface area contributed by atoms with Gasteiger partial charge in [0, 0.05) is 24.6 Å². The maximum atomic E-state index is 13.7. The van der Waals surface area contributed by atoms with Crippen molar-refractivity contribution >= 4 is 29.9 Å². The molecule has 4 nitrogen and oxygen atoms in total. The second-order valence-corrected chi connectivity index (χ2v) is 5.13. The van der Waals surface area contributed by atoms with E-state index in [0.29, 0.717) is 38.7 Å². The minimum atomic E-state index is -0.502. The van der Waals surface area contributed by atoms with Crippen molar-refractivity contribution in [1.82, 2.24) is 4.90 Å². The molecule has 7 heteroatoms. The first-order chi connectivity index (χ1) is 9.66. The molecule has 0 amide bonds. The number of aliphatic imine (C=N–C) groups is 1. The Morgan fingerprint density at radius 3 is 2.48 bits per heavy atom. The monoisotopic (exact) mass is 409 g/mol. The van der Waals surface area contributed by atoms with Crippen molar-refractivity contribution in [3.8, 4) is 0 Å². The Bertz CT molecular complexity index is 515. The average molecular weight is 409 g/mol. The number of nitrogens with zero attached hydrogens (tertiary/aromatic N) is 2. The lowest BCUT2D eigenvalue weighted by atomic mass is 10.1. The van der Waals surface area contributed by atoms with E-state index in [1.165, 1.54) is 18.2 Å². The average Bonchev–Trinajstić information content (AvgIpc) is 3.18. The van der Waals surface area contributed by atoms with Crippen LogP contribution in [0.3, 0.4) is 0 Å². The summed E-state index contributed by atoms with van der Waals surface area (Å²) in [5, 5.41) is 0. The molecular weight excluding hydrogens is 391 g/mol. The van der Waals surface area contributed by atoms with Crippen LogP contribution < -0.4 is 5.73 Å². The molecule has 21 heavy (non-hydrogen) atoms. The number of guanidine groups is 1. The minimum Gasteiger partial charge on any atom is -0.378 e. The van der Waals surface area contributed by atoms with Crippen LogP contribution >= 0.6 is 24.0 Å². The summed E-state index contributed by atoms with van der Waals surface area (Å²) in [4.78, 5) is 6.32. The van der Waals surface area contributed by atoms with Gasteiger partial charge in [-0.1, -0.05) is 6.07 Å². The maximum absolute atomic E-state index is 13.7. The molecule has 116 valence electrons. The van der Waals surface area contributed by atoms with Gasteiger partial charge in [-0.25, -0.2) is 13.8 Å². The largest absolute Gasteiger partial charge is 0.378 e. The Morgan fingerprint density at radius 2 is 1.86 bits per heavy atom. The van der Waals surface area contributed by atoms with Crippen LogP contribution in [0.5, 0.6) is 0 Å². The summed E-state index contributed by atoms with van der Waals surface area (Å²) in [7, 11) is 0. The molecule has 2 N–H and O–H groups in total. The van der Waals surface area contributed by atoms with Gasteiger partial charge in [0.1, 0.15) is 11.6 Å². The Labute approximate surface area is 139 Å². The highest BCUT2D eigenvalue weighted by Gasteiger charge is 2.42. The number of halogens is 3. The molecule has 0 aromatic heterocycles. The molecule has 0 radical (unpaired) electrons. The quantitative estimate of drug-likeness (QED) is 0.463. The molecule has 3 rings (SSSR count). The van der Waals surface area contributed by atoms with Crippen LogP contribution in [-0.2, 0) is 4.74 Å². The predicted molar refractivity (Wildman–Crippen MR) is 86.9 cm³/mol. The summed E-state index contributed by atoms with van der Waals surface area (Å²) < 4.78 is 32.6. The number of hydrogen-bond donors (Lipinski definition) is 1. The number of hydrogen-bond acceptors (Lipinski definition) is 2. The first kappa shape index (κ1) is 16.4. The van der Waals surface area contributed by atoms with Gasteiger partial charge >= 0.3 is 0 Å². The molecular formula is C14H18F2IN3O. The van der Waals surface area contributed by atoms with Crippen LogP contribution in [0.15, 0.2) is 23.2 Å². The molecule has 1 heterocycles. The van der Waals surface area contributed by atoms with Gasteiger partial charge in [-0.15, -0.1) is 24.0 Å². The van der Waals surface area contributed by atoms with E-state index in [1.54, 1.807) is 0 Å². The van der Waals surface area contributed by atoms with Crippen LogP contribution in [0.2, 0.25) is 0 Å². The van der Waals surface area contributed by atoms with Crippen LogP contribution in [0, 0.1) is 11.6 Å². The zero-order chi connectivity index (χ0) is 14.1. The van der Waals surface area contributed by atoms with Gasteiger partial charge in [-0.3, -0.25) is 0 Å². The van der Waals surface area contributed by atoms with Crippen molar-refractivity contribution in [1.29, 1.82) is 0 Å². The zero-order valence-corrected chi connectivity index (χ0v) is 13.8. The maximum Gasteiger partial charge on any atom is 0.191 e. The van der Waals surface area contributed by atoms with Gasteiger partial charge in [0.2, 0.25) is 0 Å². The number of benzene rings is 1. The molecule has 1 aliphatic heterocycles. The summed E-state index contributed by atoms with van der Waals surface area (Å²) in [6.45, 7) is 2.68. The van der Waals surface area contributed by atoms with Crippen LogP contribution in [0.1, 0.15) is 17.9 Å². The Balaban J connectivity index is 0.00000161. The fraction of sp³-hybridized carbons (Fsp3) is 0.500. The van der Waals surface area contributed by atoms with Crippen molar-refractivity contribution in [3.63, 3.8) is 0 Å². The highest BCUT2D eigenvalue weighted by atomic mass is 127. The molecule has 1 saturated heterocycles. The van der Waals surface area contributed by atoms with Gasteiger partial charge in [0.05, 0.1) is 19.3 Å². The summed E-state index contributed by atoms with van der Waals surface area (Å²) >= 11 is 0. The molecule has 2 fully saturated rings. The lowest BCUT2D eigenvalue weighted by Gasteiger charge is -2.27. The smallest absolute Gasteiger partial charge is 0.191 e. The first-order valence-electron chi connectivity index (χ1n) is 6.76. The highest BCUT2D eigenvalue weighted by Crippen LogP contribution is 2.45. The topological polar surface area (TPSA) is 50.8 Å². The highest BCUT2D eigenvalue weighted by molar-refractivity contribution is 14.0. The summed E-state index contributed by atoms with van der Waals surface area (Å²) in [5.74, 6) is -0.761. The van der Waals surface area contributed by atoms with E-state index < -0.39 is 11.6 Å². The Hall–Kier alpha value is -0.960. The third-order valence-corrected chi connectivity index (χ3v) is 3.76. The zero-order valence-electron chi connectivity index (χ0n) is 11.5. The van der Waals surface area contributed by atoms with Crippen LogP contribution in [-0.4, -0.2) is 43.2 Å². The third-order valence-electron chi connectivity index (χ3n) is 3.76. The van der Waals surface area contributed by atoms with E-state index in [0.717, 1.165) is 0 Å². The Morgan fingerprint density at radius 1 is 1.24 bits per heavy atom. The molecule has 2 atom stereocenters. The van der Waals surface area contributed by atoms with Crippen molar-refractivity contribution < 1.29 is 13.5 Å². The fourth-order valence-corrected chi connectivity index (χ4v) is 2.54. The summed E-state index contributed by atoms with van der Waals surface area (Å²) in [5.41, 5.74) is 6.07. The van der Waals surface area contributed by atoms with E-state index in [-0.39, 0.29) is 41.5 Å². The van der Waals surface area contributed by atoms with Crippen molar-refractivity contribution in [3.05, 3.63) is 35.4 Å². The molecule has 0 bridgehead atoms. The first-order valence-corrected chi connectivity index (χ1v) is 6.76. The van der Waals surface area contributed by atoms with Gasteiger partial charge in [-0.2, -0.15) is 0 Å². The lowest BCUT2D eigenvalue weighted by Crippen LogP contribution is -2.45. The molecule has 0 unspecified atom stereocenters. The van der Waals surface area contributed by atoms with Crippen LogP contribution in [0.25, 0.3) is 0 Å². The van der Waals surface area contributed by atoms with E-state index in [2.05, 4.69) is 4.99 Å². The minimum absolute atomic E-state index is 0. The summed E-state index contributed by atoms with van der Waals surface area (Å²) in [6, 6.07) is 3.81. The number of morpholine rings is 1. The second kappa shape index (κ2) is 6.87. The van der Waals surface area contributed by atoms with E-state index in [9.17, 15) is 8.78 Å². The molecule has 0 spiro atoms. The third kappa shape index (κ3) is 3.63. The Kier molecular flexibility index (Phi) is 5.37. The number of nitrogens with two attached hydrogens (primary N) is 1. The number of rotatable bonds is 2. The molecule has 1 saturated carbocycles. The van der Waals surface area contributed by atoms with E-state index in [4.69, 9.17) is 10.5 Å². The normalized spacial score (nSPS) is 25.4. The standard InChI is InChI=1S/C14H17F2N3O.HI/c15-10-2-1-3-11(16)13(10)9-8-12(9)18-14(17)19-4-6-20-7-5-19;/h1-3,9,12H,4-8H2,(H2,17,18);1H/t9-,12-;/m1./s1. The lowest BCUT2D eigenvalue weighted by molar-refractivity contribution is 0.0674. The fourth-order valence-electron chi connectivity index (χ4n) is 2.54. The van der Waals surface area contributed by atoms with Gasteiger partial charge < -0.3 is 15.4 Å². The predicted octanol–water partition coefficient (Wildman–Crippen LogP) is 2.09.